The van der Waals surface area contributed by atoms with E-state index in [9.17, 15) is 4.79 Å². The lowest BCUT2D eigenvalue weighted by Crippen LogP contribution is -2.44. The zero-order valence-corrected chi connectivity index (χ0v) is 12.1. The van der Waals surface area contributed by atoms with Crippen LogP contribution in [0.15, 0.2) is 4.99 Å². The van der Waals surface area contributed by atoms with Gasteiger partial charge >= 0.3 is 5.97 Å². The summed E-state index contributed by atoms with van der Waals surface area (Å²) >= 11 is 0. The van der Waals surface area contributed by atoms with Crippen LogP contribution in [0.5, 0.6) is 0 Å². The molecule has 1 atom stereocenters. The molecular weight excluding hydrogens is 244 g/mol. The molecule has 0 bridgehead atoms. The van der Waals surface area contributed by atoms with Gasteiger partial charge in [-0.2, -0.15) is 0 Å². The fourth-order valence-electron chi connectivity index (χ4n) is 1.58. The van der Waals surface area contributed by atoms with E-state index >= 15 is 0 Å². The van der Waals surface area contributed by atoms with E-state index in [2.05, 4.69) is 17.2 Å². The van der Waals surface area contributed by atoms with E-state index in [4.69, 9.17) is 16.6 Å². The molecule has 6 nitrogen and oxygen atoms in total. The molecule has 0 aliphatic carbocycles. The van der Waals surface area contributed by atoms with Crippen molar-refractivity contribution < 1.29 is 9.90 Å². The smallest absolute Gasteiger partial charge is 0.323 e. The van der Waals surface area contributed by atoms with Crippen molar-refractivity contribution >= 4 is 11.9 Å². The first-order valence-corrected chi connectivity index (χ1v) is 6.96. The molecule has 6 N–H and O–H groups in total. The summed E-state index contributed by atoms with van der Waals surface area (Å²) in [5.41, 5.74) is 10.1. The Bertz CT molecular complexity index is 290. The lowest BCUT2D eigenvalue weighted by molar-refractivity contribution is -0.142. The Morgan fingerprint density at radius 1 is 1.32 bits per heavy atom. The number of hydrogen-bond donors (Lipinski definition) is 4. The summed E-state index contributed by atoms with van der Waals surface area (Å²) in [5.74, 6) is -0.566. The first-order chi connectivity index (χ1) is 8.90. The van der Waals surface area contributed by atoms with E-state index in [-0.39, 0.29) is 0 Å². The average Bonchev–Trinajstić information content (AvgIpc) is 2.34. The highest BCUT2D eigenvalue weighted by Crippen LogP contribution is 2.08. The van der Waals surface area contributed by atoms with E-state index in [1.807, 2.05) is 0 Å². The molecule has 0 saturated heterocycles. The Kier molecular flexibility index (Phi) is 8.95. The number of guanidine groups is 1. The van der Waals surface area contributed by atoms with Crippen LogP contribution in [0.3, 0.4) is 0 Å². The van der Waals surface area contributed by atoms with Gasteiger partial charge in [-0.15, -0.1) is 0 Å². The Labute approximate surface area is 115 Å². The number of unbranched alkanes of at least 4 members (excludes halogenated alkanes) is 3. The topological polar surface area (TPSA) is 114 Å². The van der Waals surface area contributed by atoms with Crippen LogP contribution in [0.2, 0.25) is 0 Å². The molecule has 0 aromatic rings. The number of aliphatic imine (C=N–C) groups is 1. The van der Waals surface area contributed by atoms with Gasteiger partial charge in [0.2, 0.25) is 0 Å². The molecule has 6 heteroatoms. The zero-order valence-electron chi connectivity index (χ0n) is 12.1. The molecule has 0 aliphatic rings. The lowest BCUT2D eigenvalue weighted by Gasteiger charge is -2.17. The molecule has 0 aliphatic heterocycles. The molecule has 0 unspecified atom stereocenters. The molecule has 0 saturated carbocycles. The SMILES string of the molecule is CCCCCCNC(N)=NCCC[C@](C)(N)C(=O)O. The van der Waals surface area contributed by atoms with Crippen LogP contribution < -0.4 is 16.8 Å². The van der Waals surface area contributed by atoms with Crippen molar-refractivity contribution in [1.29, 1.82) is 0 Å². The number of aliphatic carboxylic acids is 1. The third-order valence-corrected chi connectivity index (χ3v) is 2.96. The second-order valence-corrected chi connectivity index (χ2v) is 5.08. The summed E-state index contributed by atoms with van der Waals surface area (Å²) in [6.45, 7) is 5.01. The van der Waals surface area contributed by atoms with Crippen LogP contribution in [0, 0.1) is 0 Å². The summed E-state index contributed by atoms with van der Waals surface area (Å²) in [6, 6.07) is 0. The van der Waals surface area contributed by atoms with Crippen molar-refractivity contribution in [3.05, 3.63) is 0 Å². The van der Waals surface area contributed by atoms with Gasteiger partial charge in [-0.3, -0.25) is 9.79 Å². The molecule has 0 amide bonds. The maximum atomic E-state index is 10.8. The molecule has 0 aromatic heterocycles. The lowest BCUT2D eigenvalue weighted by atomic mass is 9.98. The molecule has 0 aromatic carbocycles. The van der Waals surface area contributed by atoms with Crippen molar-refractivity contribution in [2.45, 2.75) is 57.9 Å². The Morgan fingerprint density at radius 2 is 2.00 bits per heavy atom. The van der Waals surface area contributed by atoms with Gasteiger partial charge in [0.25, 0.3) is 0 Å². The van der Waals surface area contributed by atoms with Crippen molar-refractivity contribution in [2.75, 3.05) is 13.1 Å². The van der Waals surface area contributed by atoms with Crippen molar-refractivity contribution in [2.24, 2.45) is 16.5 Å². The van der Waals surface area contributed by atoms with Crippen LogP contribution >= 0.6 is 0 Å². The van der Waals surface area contributed by atoms with Gasteiger partial charge in [0, 0.05) is 13.1 Å². The third kappa shape index (κ3) is 9.30. The largest absolute Gasteiger partial charge is 0.480 e. The normalized spacial score (nSPS) is 15.0. The van der Waals surface area contributed by atoms with Crippen molar-refractivity contribution in [3.63, 3.8) is 0 Å². The van der Waals surface area contributed by atoms with E-state index < -0.39 is 11.5 Å². The predicted molar refractivity (Wildman–Crippen MR) is 78.1 cm³/mol. The predicted octanol–water partition coefficient (Wildman–Crippen LogP) is 1.05. The van der Waals surface area contributed by atoms with Crippen LogP contribution in [0.1, 0.15) is 52.4 Å². The van der Waals surface area contributed by atoms with Gasteiger partial charge in [-0.1, -0.05) is 26.2 Å². The number of carboxylic acids is 1. The summed E-state index contributed by atoms with van der Waals surface area (Å²) in [6.07, 6.45) is 5.73. The Balaban J connectivity index is 3.67. The van der Waals surface area contributed by atoms with Gasteiger partial charge in [0.1, 0.15) is 5.54 Å². The van der Waals surface area contributed by atoms with E-state index in [0.717, 1.165) is 13.0 Å². The second-order valence-electron chi connectivity index (χ2n) is 5.08. The number of carboxylic acid groups (broad SMARTS) is 1. The molecule has 112 valence electrons. The number of nitrogens with one attached hydrogen (secondary N) is 1. The summed E-state index contributed by atoms with van der Waals surface area (Å²) in [5, 5.41) is 11.9. The van der Waals surface area contributed by atoms with Gasteiger partial charge in [-0.05, 0) is 26.2 Å². The zero-order chi connectivity index (χ0) is 14.7. The number of nitrogens with two attached hydrogens (primary N) is 2. The fraction of sp³-hybridized carbons (Fsp3) is 0.846. The first kappa shape index (κ1) is 17.7. The van der Waals surface area contributed by atoms with Crippen molar-refractivity contribution in [3.8, 4) is 0 Å². The monoisotopic (exact) mass is 272 g/mol. The maximum absolute atomic E-state index is 10.8. The minimum atomic E-state index is -1.18. The fourth-order valence-corrected chi connectivity index (χ4v) is 1.58. The third-order valence-electron chi connectivity index (χ3n) is 2.96. The van der Waals surface area contributed by atoms with E-state index in [1.165, 1.54) is 26.2 Å². The quantitative estimate of drug-likeness (QED) is 0.270. The van der Waals surface area contributed by atoms with Crippen molar-refractivity contribution in [1.82, 2.24) is 5.32 Å². The summed E-state index contributed by atoms with van der Waals surface area (Å²) in [7, 11) is 0. The highest BCUT2D eigenvalue weighted by atomic mass is 16.4. The molecule has 19 heavy (non-hydrogen) atoms. The first-order valence-electron chi connectivity index (χ1n) is 6.96. The van der Waals surface area contributed by atoms with Crippen LogP contribution in [0.4, 0.5) is 0 Å². The highest BCUT2D eigenvalue weighted by Gasteiger charge is 2.26. The standard InChI is InChI=1S/C13H28N4O2/c1-3-4-5-6-9-16-12(14)17-10-7-8-13(2,15)11(18)19/h3-10,15H2,1-2H3,(H,18,19)(H3,14,16,17)/t13-/m0/s1. The summed E-state index contributed by atoms with van der Waals surface area (Å²) < 4.78 is 0. The second kappa shape index (κ2) is 9.61. The van der Waals surface area contributed by atoms with E-state index in [1.54, 1.807) is 0 Å². The average molecular weight is 272 g/mol. The van der Waals surface area contributed by atoms with Gasteiger partial charge < -0.3 is 21.9 Å². The maximum Gasteiger partial charge on any atom is 0.323 e. The van der Waals surface area contributed by atoms with Crippen LogP contribution in [-0.4, -0.2) is 35.7 Å². The molecule has 0 radical (unpaired) electrons. The minimum Gasteiger partial charge on any atom is -0.480 e. The molecule has 0 rings (SSSR count). The minimum absolute atomic E-state index is 0.385. The molecule has 0 spiro atoms. The highest BCUT2D eigenvalue weighted by molar-refractivity contribution is 5.78. The molecule has 0 heterocycles. The number of carbonyl (C=O) groups is 1. The number of nitrogens with zero attached hydrogens (tertiary/aromatic N) is 1. The van der Waals surface area contributed by atoms with Crippen LogP contribution in [-0.2, 0) is 4.79 Å². The van der Waals surface area contributed by atoms with Gasteiger partial charge in [0.05, 0.1) is 0 Å². The number of hydrogen-bond acceptors (Lipinski definition) is 3. The number of rotatable bonds is 10. The molecular formula is C13H28N4O2. The Hall–Kier alpha value is -1.30. The molecule has 0 fully saturated rings. The van der Waals surface area contributed by atoms with Gasteiger partial charge in [-0.25, -0.2) is 0 Å². The summed E-state index contributed by atoms with van der Waals surface area (Å²) in [4.78, 5) is 14.9. The van der Waals surface area contributed by atoms with Crippen LogP contribution in [0.25, 0.3) is 0 Å². The van der Waals surface area contributed by atoms with Gasteiger partial charge in [0.15, 0.2) is 5.96 Å². The van der Waals surface area contributed by atoms with E-state index in [0.29, 0.717) is 25.3 Å². The Morgan fingerprint density at radius 3 is 2.58 bits per heavy atom.